The Morgan fingerprint density at radius 3 is 1.68 bits per heavy atom. The Morgan fingerprint density at radius 2 is 1.32 bits per heavy atom. The molecule has 0 radical (unpaired) electrons. The third-order valence-corrected chi connectivity index (χ3v) is 3.10. The fraction of sp³-hybridized carbons (Fsp3) is 0.188. The van der Waals surface area contributed by atoms with Crippen LogP contribution in [0.25, 0.3) is 0 Å². The van der Waals surface area contributed by atoms with Crippen molar-refractivity contribution in [2.45, 2.75) is 12.5 Å². The van der Waals surface area contributed by atoms with E-state index in [0.717, 1.165) is 11.1 Å². The average Bonchev–Trinajstić information content (AvgIpc) is 2.48. The lowest BCUT2D eigenvalue weighted by atomic mass is 9.88. The fourth-order valence-electron chi connectivity index (χ4n) is 2.01. The summed E-state index contributed by atoms with van der Waals surface area (Å²) < 4.78 is 10.1. The van der Waals surface area contributed by atoms with Crippen molar-refractivity contribution in [1.82, 2.24) is 0 Å². The Balaban J connectivity index is 2.47. The van der Waals surface area contributed by atoms with E-state index < -0.39 is 11.8 Å². The van der Waals surface area contributed by atoms with Crippen LogP contribution in [-0.4, -0.2) is 13.3 Å². The van der Waals surface area contributed by atoms with Gasteiger partial charge in [0.1, 0.15) is 0 Å². The maximum Gasteiger partial charge on any atom is 0.509 e. The van der Waals surface area contributed by atoms with Crippen LogP contribution in [0.2, 0.25) is 0 Å². The summed E-state index contributed by atoms with van der Waals surface area (Å²) in [5.74, 6) is 0. The molecule has 0 saturated carbocycles. The largest absolute Gasteiger partial charge is 0.509 e. The van der Waals surface area contributed by atoms with Crippen molar-refractivity contribution in [1.29, 1.82) is 0 Å². The third kappa shape index (κ3) is 2.76. The van der Waals surface area contributed by atoms with E-state index in [1.54, 1.807) is 0 Å². The molecule has 2 rings (SSSR count). The summed E-state index contributed by atoms with van der Waals surface area (Å²) in [7, 11) is 1.30. The highest BCUT2D eigenvalue weighted by atomic mass is 16.7. The van der Waals surface area contributed by atoms with E-state index in [2.05, 4.69) is 4.74 Å². The van der Waals surface area contributed by atoms with Gasteiger partial charge in [0, 0.05) is 0 Å². The predicted molar refractivity (Wildman–Crippen MR) is 72.8 cm³/mol. The van der Waals surface area contributed by atoms with Gasteiger partial charge in [-0.1, -0.05) is 60.7 Å². The van der Waals surface area contributed by atoms with Gasteiger partial charge in [0.25, 0.3) is 0 Å². The smallest absolute Gasteiger partial charge is 0.438 e. The first-order valence-corrected chi connectivity index (χ1v) is 6.05. The number of hydrogen-bond acceptors (Lipinski definition) is 3. The minimum absolute atomic E-state index is 0.699. The van der Waals surface area contributed by atoms with E-state index >= 15 is 0 Å². The van der Waals surface area contributed by atoms with Gasteiger partial charge in [-0.3, -0.25) is 0 Å². The summed E-state index contributed by atoms with van der Waals surface area (Å²) >= 11 is 0. The monoisotopic (exact) mass is 256 g/mol. The lowest BCUT2D eigenvalue weighted by molar-refractivity contribution is 0.00238. The zero-order chi connectivity index (χ0) is 13.7. The van der Waals surface area contributed by atoms with E-state index in [4.69, 9.17) is 4.74 Å². The normalized spacial score (nSPS) is 10.8. The highest BCUT2D eigenvalue weighted by Crippen LogP contribution is 2.33. The highest BCUT2D eigenvalue weighted by molar-refractivity contribution is 5.61. The Bertz CT molecular complexity index is 495. The predicted octanol–water partition coefficient (Wildman–Crippen LogP) is 3.73. The second-order valence-corrected chi connectivity index (χ2v) is 4.32. The summed E-state index contributed by atoms with van der Waals surface area (Å²) in [5.41, 5.74) is 0.925. The van der Waals surface area contributed by atoms with Crippen LogP contribution in [0.3, 0.4) is 0 Å². The van der Waals surface area contributed by atoms with Crippen molar-refractivity contribution in [2.24, 2.45) is 0 Å². The average molecular weight is 256 g/mol. The molecule has 0 N–H and O–H groups in total. The number of methoxy groups -OCH3 is 1. The first-order chi connectivity index (χ1) is 9.16. The molecule has 98 valence electrons. The number of carbonyl (C=O) groups excluding carboxylic acids is 1. The number of hydrogen-bond donors (Lipinski definition) is 0. The van der Waals surface area contributed by atoms with Crippen LogP contribution >= 0.6 is 0 Å². The van der Waals surface area contributed by atoms with Crippen LogP contribution in [0, 0.1) is 0 Å². The molecule has 0 aromatic heterocycles. The second-order valence-electron chi connectivity index (χ2n) is 4.32. The van der Waals surface area contributed by atoms with E-state index in [1.807, 2.05) is 67.6 Å². The van der Waals surface area contributed by atoms with Crippen molar-refractivity contribution >= 4 is 6.16 Å². The molecule has 3 nitrogen and oxygen atoms in total. The molecule has 0 heterocycles. The van der Waals surface area contributed by atoms with Gasteiger partial charge in [-0.2, -0.15) is 0 Å². The van der Waals surface area contributed by atoms with Crippen LogP contribution < -0.4 is 0 Å². The van der Waals surface area contributed by atoms with Crippen molar-refractivity contribution < 1.29 is 14.3 Å². The molecule has 0 aliphatic carbocycles. The zero-order valence-electron chi connectivity index (χ0n) is 11.0. The van der Waals surface area contributed by atoms with Crippen LogP contribution in [0.5, 0.6) is 0 Å². The molecule has 0 aliphatic heterocycles. The van der Waals surface area contributed by atoms with Gasteiger partial charge >= 0.3 is 6.16 Å². The van der Waals surface area contributed by atoms with Crippen LogP contribution in [-0.2, 0) is 15.1 Å². The van der Waals surface area contributed by atoms with E-state index in [9.17, 15) is 4.79 Å². The summed E-state index contributed by atoms with van der Waals surface area (Å²) in [6.07, 6.45) is -0.699. The van der Waals surface area contributed by atoms with Gasteiger partial charge in [0.05, 0.1) is 7.11 Å². The van der Waals surface area contributed by atoms with Crippen molar-refractivity contribution in [2.75, 3.05) is 7.11 Å². The van der Waals surface area contributed by atoms with E-state index in [-0.39, 0.29) is 0 Å². The second kappa shape index (κ2) is 5.57. The molecule has 0 spiro atoms. The molecule has 0 bridgehead atoms. The van der Waals surface area contributed by atoms with Crippen LogP contribution in [0.1, 0.15) is 18.1 Å². The number of carbonyl (C=O) groups is 1. The lowest BCUT2D eigenvalue weighted by Crippen LogP contribution is -2.30. The molecular weight excluding hydrogens is 240 g/mol. The zero-order valence-corrected chi connectivity index (χ0v) is 11.0. The molecule has 2 aromatic rings. The summed E-state index contributed by atoms with van der Waals surface area (Å²) in [5, 5.41) is 0. The molecule has 0 amide bonds. The first kappa shape index (κ1) is 13.1. The van der Waals surface area contributed by atoms with Crippen LogP contribution in [0.15, 0.2) is 60.7 Å². The highest BCUT2D eigenvalue weighted by Gasteiger charge is 2.33. The van der Waals surface area contributed by atoms with Gasteiger partial charge in [-0.25, -0.2) is 4.79 Å². The summed E-state index contributed by atoms with van der Waals surface area (Å²) in [6.45, 7) is 1.86. The fourth-order valence-corrected chi connectivity index (χ4v) is 2.01. The number of ether oxygens (including phenoxy) is 2. The van der Waals surface area contributed by atoms with Crippen LogP contribution in [0.4, 0.5) is 4.79 Å². The van der Waals surface area contributed by atoms with Crippen molar-refractivity contribution in [3.05, 3.63) is 71.8 Å². The number of benzene rings is 2. The molecule has 0 aliphatic rings. The van der Waals surface area contributed by atoms with E-state index in [1.165, 1.54) is 7.11 Å². The first-order valence-electron chi connectivity index (χ1n) is 6.05. The van der Waals surface area contributed by atoms with Gasteiger partial charge < -0.3 is 9.47 Å². The topological polar surface area (TPSA) is 35.5 Å². The maximum atomic E-state index is 11.5. The quantitative estimate of drug-likeness (QED) is 0.785. The molecule has 0 atom stereocenters. The number of rotatable bonds is 3. The molecular formula is C16H16O3. The Labute approximate surface area is 112 Å². The summed E-state index contributed by atoms with van der Waals surface area (Å²) in [4.78, 5) is 11.5. The SMILES string of the molecule is COC(=O)OC(C)(c1ccccc1)c1ccccc1. The lowest BCUT2D eigenvalue weighted by Gasteiger charge is -2.29. The molecule has 0 saturated heterocycles. The van der Waals surface area contributed by atoms with Gasteiger partial charge in [-0.05, 0) is 18.1 Å². The van der Waals surface area contributed by atoms with Crippen molar-refractivity contribution in [3.63, 3.8) is 0 Å². The minimum Gasteiger partial charge on any atom is -0.438 e. The Hall–Kier alpha value is -2.29. The Morgan fingerprint density at radius 1 is 0.895 bits per heavy atom. The third-order valence-electron chi connectivity index (χ3n) is 3.10. The minimum atomic E-state index is -0.865. The Kier molecular flexibility index (Phi) is 3.85. The van der Waals surface area contributed by atoms with E-state index in [0.29, 0.717) is 0 Å². The van der Waals surface area contributed by atoms with Gasteiger partial charge in [0.2, 0.25) is 0 Å². The van der Waals surface area contributed by atoms with Gasteiger partial charge in [-0.15, -0.1) is 0 Å². The molecule has 3 heteroatoms. The maximum absolute atomic E-state index is 11.5. The van der Waals surface area contributed by atoms with Crippen molar-refractivity contribution in [3.8, 4) is 0 Å². The molecule has 0 fully saturated rings. The molecule has 2 aromatic carbocycles. The molecule has 0 unspecified atom stereocenters. The standard InChI is InChI=1S/C16H16O3/c1-16(19-15(17)18-2,13-9-5-3-6-10-13)14-11-7-4-8-12-14/h3-12H,1-2H3. The molecule has 19 heavy (non-hydrogen) atoms. The van der Waals surface area contributed by atoms with Gasteiger partial charge in [0.15, 0.2) is 5.60 Å². The summed E-state index contributed by atoms with van der Waals surface area (Å²) in [6, 6.07) is 19.2.